The SMILES string of the molecule is CC(C)(COc1ccc(-c2ccnc(Cc3ccc(N4CCOCC4)cc3)n2)cc1C#N)C(=O)O.CN(C)CCNC(=O)C(C)(C)COc1ccc(-c2ccnc(Cc3ccc(N4CCOCC4)cc3)n2)cc1C#N. The Balaban J connectivity index is 0.000000221. The van der Waals surface area contributed by atoms with Gasteiger partial charge >= 0.3 is 5.97 Å². The van der Waals surface area contributed by atoms with Crippen LogP contribution < -0.4 is 24.6 Å². The Hall–Kier alpha value is -7.96. The zero-order valence-electron chi connectivity index (χ0n) is 43.7. The third-order valence-electron chi connectivity index (χ3n) is 12.8. The number of rotatable bonds is 19. The van der Waals surface area contributed by atoms with E-state index in [0.717, 1.165) is 87.1 Å². The topological polar surface area (TPSA) is 212 Å². The van der Waals surface area contributed by atoms with Crippen LogP contribution in [0.5, 0.6) is 11.5 Å². The number of carboxylic acid groups (broad SMARTS) is 1. The smallest absolute Gasteiger partial charge is 0.312 e. The van der Waals surface area contributed by atoms with E-state index in [4.69, 9.17) is 28.9 Å². The minimum absolute atomic E-state index is 0.0433. The number of anilines is 2. The van der Waals surface area contributed by atoms with Crippen molar-refractivity contribution in [2.24, 2.45) is 10.8 Å². The molecule has 2 fully saturated rings. The van der Waals surface area contributed by atoms with Gasteiger partial charge in [0, 0.05) is 87.0 Å². The Bertz CT molecular complexity index is 2960. The van der Waals surface area contributed by atoms with Crippen molar-refractivity contribution in [3.05, 3.63) is 143 Å². The van der Waals surface area contributed by atoms with Gasteiger partial charge in [-0.15, -0.1) is 0 Å². The fraction of sp³-hybridized carbons (Fsp3) is 0.379. The number of hydrogen-bond donors (Lipinski definition) is 2. The van der Waals surface area contributed by atoms with Crippen LogP contribution in [-0.2, 0) is 31.9 Å². The monoisotopic (exact) mass is 1010 g/mol. The number of carbonyl (C=O) groups is 2. The Morgan fingerprint density at radius 3 is 1.48 bits per heavy atom. The molecule has 2 saturated heterocycles. The van der Waals surface area contributed by atoms with Crippen molar-refractivity contribution in [1.29, 1.82) is 10.5 Å². The highest BCUT2D eigenvalue weighted by atomic mass is 16.5. The fourth-order valence-electron chi connectivity index (χ4n) is 8.03. The van der Waals surface area contributed by atoms with E-state index in [9.17, 15) is 25.2 Å². The first-order chi connectivity index (χ1) is 36.1. The first-order valence-corrected chi connectivity index (χ1v) is 25.1. The number of hydrogen-bond acceptors (Lipinski definition) is 15. The summed E-state index contributed by atoms with van der Waals surface area (Å²) in [7, 11) is 3.92. The highest BCUT2D eigenvalue weighted by Gasteiger charge is 2.30. The number of nitriles is 2. The molecule has 2 aliphatic rings. The minimum atomic E-state index is -1.06. The lowest BCUT2D eigenvalue weighted by atomic mass is 9.93. The van der Waals surface area contributed by atoms with E-state index in [0.29, 0.717) is 59.4 Å². The van der Waals surface area contributed by atoms with E-state index >= 15 is 0 Å². The number of nitrogens with zero attached hydrogens (tertiary/aromatic N) is 9. The molecule has 0 bridgehead atoms. The number of carbonyl (C=O) groups excluding carboxylic acids is 1. The van der Waals surface area contributed by atoms with Crippen LogP contribution in [0.2, 0.25) is 0 Å². The molecule has 0 spiro atoms. The van der Waals surface area contributed by atoms with Crippen molar-refractivity contribution in [1.82, 2.24) is 30.2 Å². The van der Waals surface area contributed by atoms with E-state index in [2.05, 4.69) is 85.8 Å². The van der Waals surface area contributed by atoms with Crippen LogP contribution in [-0.4, -0.2) is 135 Å². The lowest BCUT2D eigenvalue weighted by Gasteiger charge is -2.28. The first kappa shape index (κ1) is 54.8. The number of carboxylic acids is 1. The number of nitrogens with one attached hydrogen (secondary N) is 1. The number of ether oxygens (including phenoxy) is 4. The highest BCUT2D eigenvalue weighted by Crippen LogP contribution is 2.30. The largest absolute Gasteiger partial charge is 0.491 e. The molecule has 0 radical (unpaired) electrons. The zero-order valence-corrected chi connectivity index (χ0v) is 43.7. The number of likely N-dealkylation sites (N-methyl/N-ethyl adjacent to an activating group) is 1. The molecule has 390 valence electrons. The molecule has 2 N–H and O–H groups in total. The summed E-state index contributed by atoms with van der Waals surface area (Å²) in [4.78, 5) is 48.9. The molecule has 0 aliphatic carbocycles. The van der Waals surface area contributed by atoms with Gasteiger partial charge in [0.25, 0.3) is 0 Å². The average Bonchev–Trinajstić information content (AvgIpc) is 3.43. The van der Waals surface area contributed by atoms with E-state index < -0.39 is 16.8 Å². The molecule has 2 aromatic heterocycles. The quantitative estimate of drug-likeness (QED) is 0.0806. The van der Waals surface area contributed by atoms with Gasteiger partial charge in [-0.2, -0.15) is 10.5 Å². The molecule has 4 heterocycles. The fourth-order valence-corrected chi connectivity index (χ4v) is 8.03. The van der Waals surface area contributed by atoms with Crippen LogP contribution in [0.4, 0.5) is 11.4 Å². The molecule has 17 heteroatoms. The number of morpholine rings is 2. The molecule has 2 aliphatic heterocycles. The van der Waals surface area contributed by atoms with Gasteiger partial charge in [0.15, 0.2) is 0 Å². The van der Waals surface area contributed by atoms with Crippen molar-refractivity contribution in [3.63, 3.8) is 0 Å². The van der Waals surface area contributed by atoms with Crippen LogP contribution >= 0.6 is 0 Å². The maximum absolute atomic E-state index is 12.6. The number of aromatic nitrogens is 4. The van der Waals surface area contributed by atoms with Crippen LogP contribution in [0, 0.1) is 33.5 Å². The Labute approximate surface area is 439 Å². The summed E-state index contributed by atoms with van der Waals surface area (Å²) in [6.45, 7) is 14.9. The van der Waals surface area contributed by atoms with E-state index in [1.54, 1.807) is 56.6 Å². The lowest BCUT2D eigenvalue weighted by molar-refractivity contribution is -0.148. The Morgan fingerprint density at radius 1 is 0.653 bits per heavy atom. The Morgan fingerprint density at radius 2 is 1.08 bits per heavy atom. The van der Waals surface area contributed by atoms with E-state index in [1.165, 1.54) is 11.4 Å². The molecule has 0 saturated carbocycles. The normalized spacial score (nSPS) is 13.7. The number of aliphatic carboxylic acids is 1. The van der Waals surface area contributed by atoms with Crippen LogP contribution in [0.25, 0.3) is 22.5 Å². The van der Waals surface area contributed by atoms with Crippen LogP contribution in [0.1, 0.15) is 61.6 Å². The van der Waals surface area contributed by atoms with Crippen molar-refractivity contribution < 1.29 is 33.6 Å². The Kier molecular flexibility index (Phi) is 18.9. The second-order valence-corrected chi connectivity index (χ2v) is 20.0. The molecule has 17 nitrogen and oxygen atoms in total. The molecule has 1 amide bonds. The lowest BCUT2D eigenvalue weighted by Crippen LogP contribution is -2.43. The molecular formula is C58H66N10O7. The van der Waals surface area contributed by atoms with Gasteiger partial charge in [0.1, 0.15) is 48.5 Å². The zero-order chi connectivity index (χ0) is 53.4. The number of benzene rings is 4. The minimum Gasteiger partial charge on any atom is -0.491 e. The number of amides is 1. The molecule has 4 aromatic carbocycles. The van der Waals surface area contributed by atoms with Gasteiger partial charge in [-0.25, -0.2) is 19.9 Å². The third kappa shape index (κ3) is 15.5. The maximum Gasteiger partial charge on any atom is 0.312 e. The van der Waals surface area contributed by atoms with Crippen LogP contribution in [0.15, 0.2) is 109 Å². The average molecular weight is 1020 g/mol. The predicted molar refractivity (Wildman–Crippen MR) is 287 cm³/mol. The molecule has 6 aromatic rings. The van der Waals surface area contributed by atoms with Crippen LogP contribution in [0.3, 0.4) is 0 Å². The second-order valence-electron chi connectivity index (χ2n) is 20.0. The summed E-state index contributed by atoms with van der Waals surface area (Å²) < 4.78 is 22.5. The molecule has 75 heavy (non-hydrogen) atoms. The van der Waals surface area contributed by atoms with E-state index in [1.807, 2.05) is 51.0 Å². The molecule has 0 atom stereocenters. The summed E-state index contributed by atoms with van der Waals surface area (Å²) in [5, 5.41) is 31.6. The summed E-state index contributed by atoms with van der Waals surface area (Å²) in [5.74, 6) is 1.13. The predicted octanol–water partition coefficient (Wildman–Crippen LogP) is 7.46. The van der Waals surface area contributed by atoms with Gasteiger partial charge in [0.05, 0.1) is 59.8 Å². The van der Waals surface area contributed by atoms with Gasteiger partial charge in [-0.1, -0.05) is 24.3 Å². The first-order valence-electron chi connectivity index (χ1n) is 25.1. The summed E-state index contributed by atoms with van der Waals surface area (Å²) in [6, 6.07) is 35.5. The van der Waals surface area contributed by atoms with Crippen molar-refractivity contribution in [2.45, 2.75) is 40.5 Å². The summed E-state index contributed by atoms with van der Waals surface area (Å²) in [5.41, 5.74) is 6.52. The third-order valence-corrected chi connectivity index (χ3v) is 12.8. The highest BCUT2D eigenvalue weighted by molar-refractivity contribution is 5.82. The van der Waals surface area contributed by atoms with Gasteiger partial charge in [-0.05, 0) is 126 Å². The van der Waals surface area contributed by atoms with Crippen molar-refractivity contribution >= 4 is 23.3 Å². The van der Waals surface area contributed by atoms with Gasteiger partial charge < -0.3 is 44.1 Å². The van der Waals surface area contributed by atoms with Crippen molar-refractivity contribution in [3.8, 4) is 46.2 Å². The standard InChI is InChI=1S/C31H38N6O3.C27H28N4O4/c1-31(2,30(38)34-13-14-36(3)4)22-40-28-10-7-24(20-25(28)21-32)27-11-12-33-29(35-27)19-23-5-8-26(9-6-23)37-15-17-39-18-16-37;1-27(2,26(32)33)18-35-24-8-5-20(16-21(24)17-28)23-9-10-29-25(30-23)15-19-3-6-22(7-4-19)31-11-13-34-14-12-31/h5-12,20H,13-19,22H2,1-4H3,(H,34,38);3-10,16H,11-15,18H2,1-2H3,(H,32,33). The summed E-state index contributed by atoms with van der Waals surface area (Å²) >= 11 is 0. The van der Waals surface area contributed by atoms with E-state index in [-0.39, 0.29) is 19.1 Å². The van der Waals surface area contributed by atoms with Gasteiger partial charge in [-0.3, -0.25) is 9.59 Å². The maximum atomic E-state index is 12.6. The summed E-state index contributed by atoms with van der Waals surface area (Å²) in [6.07, 6.45) is 4.66. The second kappa shape index (κ2) is 25.8. The van der Waals surface area contributed by atoms with Gasteiger partial charge in [0.2, 0.25) is 5.91 Å². The molecule has 8 rings (SSSR count). The van der Waals surface area contributed by atoms with Crippen molar-refractivity contribution in [2.75, 3.05) is 103 Å². The molecule has 0 unspecified atom stereocenters. The molecular weight excluding hydrogens is 949 g/mol.